The van der Waals surface area contributed by atoms with Crippen LogP contribution in [0.2, 0.25) is 0 Å². The summed E-state index contributed by atoms with van der Waals surface area (Å²) in [7, 11) is -3.73. The van der Waals surface area contributed by atoms with E-state index in [2.05, 4.69) is 25.9 Å². The van der Waals surface area contributed by atoms with Gasteiger partial charge in [0.2, 0.25) is 10.0 Å². The van der Waals surface area contributed by atoms with E-state index in [1.807, 2.05) is 13.0 Å². The molecule has 0 amide bonds. The third kappa shape index (κ3) is 2.62. The van der Waals surface area contributed by atoms with Gasteiger partial charge in [0.1, 0.15) is 6.33 Å². The number of hydrogen-bond acceptors (Lipinski definition) is 7. The normalized spacial score (nSPS) is 25.7. The molecule has 3 saturated carbocycles. The molecule has 0 saturated heterocycles. The third-order valence-electron chi connectivity index (χ3n) is 6.06. The fourth-order valence-electron chi connectivity index (χ4n) is 4.81. The standard InChI is InChI=1S/C19H19N7O2S/c1-12-15(26-17(24-12)16(21)22-11-23-26)13-3-2-4-14(7-13)29(27,28)25-19-6-5-18(8-19,9-19)10-20/h2-4,7,11,25H,5-6,8-9H2,1H3,(H2,21,22,23). The van der Waals surface area contributed by atoms with Crippen molar-refractivity contribution in [2.45, 2.75) is 43.0 Å². The number of nitrogens with two attached hydrogens (primary N) is 1. The first-order valence-electron chi connectivity index (χ1n) is 9.28. The fraction of sp³-hybridized carbons (Fsp3) is 0.368. The maximum absolute atomic E-state index is 13.1. The zero-order chi connectivity index (χ0) is 20.4. The summed E-state index contributed by atoms with van der Waals surface area (Å²) in [6.45, 7) is 1.82. The smallest absolute Gasteiger partial charge is 0.241 e. The van der Waals surface area contributed by atoms with Crippen molar-refractivity contribution in [3.8, 4) is 17.3 Å². The number of benzene rings is 1. The Morgan fingerprint density at radius 2 is 2.10 bits per heavy atom. The summed E-state index contributed by atoms with van der Waals surface area (Å²) in [4.78, 5) is 8.53. The second-order valence-corrected chi connectivity index (χ2v) is 9.77. The lowest BCUT2D eigenvalue weighted by Gasteiger charge is -2.43. The summed E-state index contributed by atoms with van der Waals surface area (Å²) < 4.78 is 30.6. The van der Waals surface area contributed by atoms with Crippen molar-refractivity contribution in [1.82, 2.24) is 24.3 Å². The number of aromatic nitrogens is 4. The molecule has 6 rings (SSSR count). The number of nitrogens with one attached hydrogen (secondary N) is 1. The molecule has 3 aliphatic rings. The number of rotatable bonds is 4. The van der Waals surface area contributed by atoms with Crippen LogP contribution in [0, 0.1) is 23.7 Å². The molecule has 10 heteroatoms. The van der Waals surface area contributed by atoms with Crippen molar-refractivity contribution in [3.05, 3.63) is 36.3 Å². The van der Waals surface area contributed by atoms with Crippen LogP contribution in [0.25, 0.3) is 16.9 Å². The van der Waals surface area contributed by atoms with Crippen molar-refractivity contribution in [1.29, 1.82) is 5.26 Å². The molecule has 3 fully saturated rings. The van der Waals surface area contributed by atoms with Crippen molar-refractivity contribution in [3.63, 3.8) is 0 Å². The number of nitriles is 1. The average Bonchev–Trinajstić information content (AvgIpc) is 3.31. The number of hydrogen-bond donors (Lipinski definition) is 2. The van der Waals surface area contributed by atoms with Gasteiger partial charge in [0.05, 0.1) is 27.8 Å². The van der Waals surface area contributed by atoms with Crippen molar-refractivity contribution in [2.75, 3.05) is 5.73 Å². The molecule has 2 aromatic heterocycles. The monoisotopic (exact) mass is 409 g/mol. The summed E-state index contributed by atoms with van der Waals surface area (Å²) in [5.41, 5.74) is 7.47. The van der Waals surface area contributed by atoms with Crippen LogP contribution in [-0.2, 0) is 10.0 Å². The number of nitrogens with zero attached hydrogens (tertiary/aromatic N) is 5. The second kappa shape index (κ2) is 5.75. The van der Waals surface area contributed by atoms with Gasteiger partial charge in [-0.1, -0.05) is 12.1 Å². The number of sulfonamides is 1. The van der Waals surface area contributed by atoms with Crippen LogP contribution < -0.4 is 10.5 Å². The number of anilines is 1. The van der Waals surface area contributed by atoms with E-state index < -0.39 is 15.6 Å². The molecule has 0 aliphatic heterocycles. The fourth-order valence-corrected chi connectivity index (χ4v) is 6.29. The maximum Gasteiger partial charge on any atom is 0.241 e. The van der Waals surface area contributed by atoms with Gasteiger partial charge in [-0.3, -0.25) is 0 Å². The maximum atomic E-state index is 13.1. The number of fused-ring (bicyclic) bond motifs is 2. The Kier molecular flexibility index (Phi) is 3.57. The number of nitrogen functional groups attached to an aromatic ring is 1. The van der Waals surface area contributed by atoms with Crippen LogP contribution in [0.15, 0.2) is 35.5 Å². The Morgan fingerprint density at radius 3 is 2.83 bits per heavy atom. The molecule has 0 unspecified atom stereocenters. The van der Waals surface area contributed by atoms with Crippen molar-refractivity contribution >= 4 is 21.5 Å². The van der Waals surface area contributed by atoms with Gasteiger partial charge in [-0.2, -0.15) is 10.4 Å². The first kappa shape index (κ1) is 18.0. The minimum Gasteiger partial charge on any atom is -0.381 e. The van der Waals surface area contributed by atoms with Gasteiger partial charge >= 0.3 is 0 Å². The van der Waals surface area contributed by atoms with Crippen LogP contribution in [0.3, 0.4) is 0 Å². The minimum atomic E-state index is -3.73. The first-order chi connectivity index (χ1) is 13.8. The highest BCUT2D eigenvalue weighted by Crippen LogP contribution is 2.61. The largest absolute Gasteiger partial charge is 0.381 e. The van der Waals surface area contributed by atoms with Crippen LogP contribution in [-0.4, -0.2) is 33.5 Å². The Morgan fingerprint density at radius 1 is 1.31 bits per heavy atom. The predicted octanol–water partition coefficient (Wildman–Crippen LogP) is 1.80. The molecule has 29 heavy (non-hydrogen) atoms. The van der Waals surface area contributed by atoms with Crippen LogP contribution >= 0.6 is 0 Å². The molecule has 2 heterocycles. The minimum absolute atomic E-state index is 0.169. The summed E-state index contributed by atoms with van der Waals surface area (Å²) in [5, 5.41) is 13.5. The highest BCUT2D eigenvalue weighted by atomic mass is 32.2. The zero-order valence-electron chi connectivity index (χ0n) is 15.8. The van der Waals surface area contributed by atoms with Crippen LogP contribution in [0.1, 0.15) is 31.4 Å². The molecule has 3 aromatic rings. The van der Waals surface area contributed by atoms with Gasteiger partial charge in [0.25, 0.3) is 0 Å². The molecule has 0 spiro atoms. The Labute approximate surface area is 167 Å². The SMILES string of the molecule is Cc1nc2c(N)ncnn2c1-c1cccc(S(=O)(=O)NC23CCC(C#N)(C2)C3)c1. The zero-order valence-corrected chi connectivity index (χ0v) is 16.6. The second-order valence-electron chi connectivity index (χ2n) is 8.09. The predicted molar refractivity (Wildman–Crippen MR) is 105 cm³/mol. The molecule has 0 radical (unpaired) electrons. The van der Waals surface area contributed by atoms with E-state index >= 15 is 0 Å². The van der Waals surface area contributed by atoms with Gasteiger partial charge < -0.3 is 5.73 Å². The van der Waals surface area contributed by atoms with Gasteiger partial charge in [-0.25, -0.2) is 27.6 Å². The lowest BCUT2D eigenvalue weighted by Crippen LogP contribution is -2.55. The van der Waals surface area contributed by atoms with Gasteiger partial charge in [0, 0.05) is 11.1 Å². The van der Waals surface area contributed by atoms with E-state index in [4.69, 9.17) is 5.73 Å². The molecule has 148 valence electrons. The topological polar surface area (TPSA) is 139 Å². The molecule has 2 bridgehead atoms. The van der Waals surface area contributed by atoms with Gasteiger partial charge in [-0.15, -0.1) is 0 Å². The molecular weight excluding hydrogens is 390 g/mol. The van der Waals surface area contributed by atoms with Crippen LogP contribution in [0.4, 0.5) is 5.82 Å². The molecule has 0 atom stereocenters. The average molecular weight is 409 g/mol. The lowest BCUT2D eigenvalue weighted by atomic mass is 9.66. The highest BCUT2D eigenvalue weighted by Gasteiger charge is 2.62. The molecular formula is C19H19N7O2S. The van der Waals surface area contributed by atoms with Crippen molar-refractivity contribution in [2.24, 2.45) is 5.41 Å². The van der Waals surface area contributed by atoms with E-state index in [1.54, 1.807) is 22.7 Å². The van der Waals surface area contributed by atoms with E-state index in [1.165, 1.54) is 6.33 Å². The Balaban J connectivity index is 1.52. The van der Waals surface area contributed by atoms with Gasteiger partial charge in [-0.05, 0) is 44.7 Å². The summed E-state index contributed by atoms with van der Waals surface area (Å²) in [6, 6.07) is 9.03. The van der Waals surface area contributed by atoms with Crippen LogP contribution in [0.5, 0.6) is 0 Å². The third-order valence-corrected chi connectivity index (χ3v) is 7.64. The lowest BCUT2D eigenvalue weighted by molar-refractivity contribution is 0.161. The Bertz CT molecular complexity index is 1300. The highest BCUT2D eigenvalue weighted by molar-refractivity contribution is 7.89. The molecule has 3 aliphatic carbocycles. The van der Waals surface area contributed by atoms with E-state index in [0.717, 1.165) is 6.42 Å². The summed E-state index contributed by atoms with van der Waals surface area (Å²) in [6.07, 6.45) is 3.94. The summed E-state index contributed by atoms with van der Waals surface area (Å²) in [5.74, 6) is 0.256. The van der Waals surface area contributed by atoms with Crippen molar-refractivity contribution < 1.29 is 8.42 Å². The number of aryl methyl sites for hydroxylation is 1. The van der Waals surface area contributed by atoms with Gasteiger partial charge in [0.15, 0.2) is 11.5 Å². The molecule has 1 aromatic carbocycles. The van der Waals surface area contributed by atoms with E-state index in [0.29, 0.717) is 41.9 Å². The van der Waals surface area contributed by atoms with E-state index in [-0.39, 0.29) is 16.1 Å². The quantitative estimate of drug-likeness (QED) is 0.669. The number of imidazole rings is 1. The summed E-state index contributed by atoms with van der Waals surface area (Å²) >= 11 is 0. The molecule has 3 N–H and O–H groups in total. The van der Waals surface area contributed by atoms with E-state index in [9.17, 15) is 13.7 Å². The molecule has 9 nitrogen and oxygen atoms in total. The Hall–Kier alpha value is -3.03. The first-order valence-corrected chi connectivity index (χ1v) is 10.8.